The standard InChI is InChI=1S/C17H22BrF3N6O2/c1-9(2)7-22-16(29)14-11(8-23-26(14)4)24-12(28)5-6-27-10(3)13(18)15(25-27)17(19,20)21/h8-9H,5-7H2,1-4H3,(H,22,29)(H,24,28). The summed E-state index contributed by atoms with van der Waals surface area (Å²) >= 11 is 2.89. The summed E-state index contributed by atoms with van der Waals surface area (Å²) in [5, 5.41) is 12.9. The summed E-state index contributed by atoms with van der Waals surface area (Å²) in [4.78, 5) is 24.6. The van der Waals surface area contributed by atoms with Crippen LogP contribution in [0.25, 0.3) is 0 Å². The minimum Gasteiger partial charge on any atom is -0.350 e. The number of rotatable bonds is 7. The number of nitrogens with one attached hydrogen (secondary N) is 2. The molecular weight excluding hydrogens is 457 g/mol. The Morgan fingerprint density at radius 1 is 1.31 bits per heavy atom. The largest absolute Gasteiger partial charge is 0.436 e. The van der Waals surface area contributed by atoms with Gasteiger partial charge in [-0.15, -0.1) is 0 Å². The Kier molecular flexibility index (Phi) is 7.09. The molecule has 0 saturated carbocycles. The van der Waals surface area contributed by atoms with E-state index in [1.54, 1.807) is 7.05 Å². The molecular formula is C17H22BrF3N6O2. The molecule has 0 radical (unpaired) electrons. The molecule has 2 rings (SSSR count). The van der Waals surface area contributed by atoms with Gasteiger partial charge in [0.2, 0.25) is 5.91 Å². The molecule has 0 aliphatic heterocycles. The number of aryl methyl sites for hydroxylation is 2. The summed E-state index contributed by atoms with van der Waals surface area (Å²) in [5.41, 5.74) is -0.350. The summed E-state index contributed by atoms with van der Waals surface area (Å²) in [6.07, 6.45) is -3.38. The molecule has 8 nitrogen and oxygen atoms in total. The van der Waals surface area contributed by atoms with Crippen molar-refractivity contribution in [3.05, 3.63) is 27.8 Å². The molecule has 0 fully saturated rings. The van der Waals surface area contributed by atoms with E-state index in [1.165, 1.54) is 17.8 Å². The van der Waals surface area contributed by atoms with Crippen LogP contribution in [0.3, 0.4) is 0 Å². The van der Waals surface area contributed by atoms with Crippen molar-refractivity contribution in [3.63, 3.8) is 0 Å². The number of carbonyl (C=O) groups is 2. The van der Waals surface area contributed by atoms with Crippen LogP contribution in [0.1, 0.15) is 42.1 Å². The topological polar surface area (TPSA) is 93.8 Å². The van der Waals surface area contributed by atoms with Gasteiger partial charge in [0.15, 0.2) is 5.69 Å². The van der Waals surface area contributed by atoms with E-state index in [0.717, 1.165) is 4.68 Å². The van der Waals surface area contributed by atoms with Crippen LogP contribution >= 0.6 is 15.9 Å². The summed E-state index contributed by atoms with van der Waals surface area (Å²) in [7, 11) is 1.57. The Bertz CT molecular complexity index is 904. The van der Waals surface area contributed by atoms with Gasteiger partial charge in [-0.2, -0.15) is 23.4 Å². The fourth-order valence-corrected chi connectivity index (χ4v) is 3.03. The molecule has 0 aliphatic carbocycles. The minimum absolute atomic E-state index is 0.0541. The van der Waals surface area contributed by atoms with Crippen LogP contribution in [0.4, 0.5) is 18.9 Å². The Labute approximate surface area is 174 Å². The fraction of sp³-hybridized carbons (Fsp3) is 0.529. The Hall–Kier alpha value is -2.37. The normalized spacial score (nSPS) is 11.8. The van der Waals surface area contributed by atoms with Crippen LogP contribution < -0.4 is 10.6 Å². The zero-order chi connectivity index (χ0) is 21.9. The van der Waals surface area contributed by atoms with Gasteiger partial charge >= 0.3 is 6.18 Å². The highest BCUT2D eigenvalue weighted by Gasteiger charge is 2.37. The molecule has 0 bridgehead atoms. The first kappa shape index (κ1) is 22.9. The molecule has 0 aromatic carbocycles. The van der Waals surface area contributed by atoms with Crippen molar-refractivity contribution >= 4 is 33.4 Å². The average molecular weight is 479 g/mol. The Morgan fingerprint density at radius 3 is 2.52 bits per heavy atom. The molecule has 0 spiro atoms. The van der Waals surface area contributed by atoms with Crippen LogP contribution in [-0.4, -0.2) is 37.9 Å². The van der Waals surface area contributed by atoms with E-state index < -0.39 is 17.8 Å². The monoisotopic (exact) mass is 478 g/mol. The zero-order valence-electron chi connectivity index (χ0n) is 16.4. The van der Waals surface area contributed by atoms with Gasteiger partial charge in [0.25, 0.3) is 5.91 Å². The maximum absolute atomic E-state index is 12.9. The van der Waals surface area contributed by atoms with E-state index in [-0.39, 0.29) is 46.3 Å². The van der Waals surface area contributed by atoms with E-state index >= 15 is 0 Å². The van der Waals surface area contributed by atoms with Gasteiger partial charge < -0.3 is 10.6 Å². The summed E-state index contributed by atoms with van der Waals surface area (Å²) in [6.45, 7) is 5.79. The fourth-order valence-electron chi connectivity index (χ4n) is 2.52. The van der Waals surface area contributed by atoms with Gasteiger partial charge in [0, 0.05) is 20.0 Å². The minimum atomic E-state index is -4.59. The number of hydrogen-bond acceptors (Lipinski definition) is 4. The predicted octanol–water partition coefficient (Wildman–Crippen LogP) is 3.12. The lowest BCUT2D eigenvalue weighted by molar-refractivity contribution is -0.142. The maximum atomic E-state index is 12.9. The van der Waals surface area contributed by atoms with Gasteiger partial charge in [0.05, 0.1) is 28.6 Å². The van der Waals surface area contributed by atoms with Crippen molar-refractivity contribution in [2.75, 3.05) is 11.9 Å². The maximum Gasteiger partial charge on any atom is 0.436 e. The molecule has 2 aromatic rings. The number of amides is 2. The summed E-state index contributed by atoms with van der Waals surface area (Å²) in [6, 6.07) is 0. The zero-order valence-corrected chi connectivity index (χ0v) is 18.0. The number of hydrogen-bond donors (Lipinski definition) is 2. The summed E-state index contributed by atoms with van der Waals surface area (Å²) in [5.74, 6) is -0.602. The molecule has 29 heavy (non-hydrogen) atoms. The first-order valence-corrected chi connectivity index (χ1v) is 9.61. The number of alkyl halides is 3. The van der Waals surface area contributed by atoms with Gasteiger partial charge in [-0.1, -0.05) is 13.8 Å². The second kappa shape index (κ2) is 8.97. The Balaban J connectivity index is 2.05. The molecule has 0 aliphatic rings. The van der Waals surface area contributed by atoms with Crippen LogP contribution in [0.2, 0.25) is 0 Å². The second-order valence-electron chi connectivity index (χ2n) is 6.90. The van der Waals surface area contributed by atoms with Gasteiger partial charge in [-0.3, -0.25) is 19.0 Å². The third-order valence-corrected chi connectivity index (χ3v) is 5.00. The summed E-state index contributed by atoms with van der Waals surface area (Å²) < 4.78 is 41.1. The van der Waals surface area contributed by atoms with E-state index in [2.05, 4.69) is 36.8 Å². The first-order chi connectivity index (χ1) is 13.4. The highest BCUT2D eigenvalue weighted by Crippen LogP contribution is 2.35. The third kappa shape index (κ3) is 5.58. The molecule has 0 saturated heterocycles. The number of carbonyl (C=O) groups excluding carboxylic acids is 2. The van der Waals surface area contributed by atoms with Gasteiger partial charge in [-0.25, -0.2) is 0 Å². The molecule has 2 aromatic heterocycles. The lowest BCUT2D eigenvalue weighted by atomic mass is 10.2. The smallest absolute Gasteiger partial charge is 0.350 e. The van der Waals surface area contributed by atoms with Crippen LogP contribution in [-0.2, 0) is 24.6 Å². The highest BCUT2D eigenvalue weighted by molar-refractivity contribution is 9.10. The van der Waals surface area contributed by atoms with E-state index in [4.69, 9.17) is 0 Å². The SMILES string of the molecule is Cc1c(Br)c(C(F)(F)F)nn1CCC(=O)Nc1cnn(C)c1C(=O)NCC(C)C. The lowest BCUT2D eigenvalue weighted by Crippen LogP contribution is -2.30. The number of anilines is 1. The second-order valence-corrected chi connectivity index (χ2v) is 7.69. The van der Waals surface area contributed by atoms with Crippen molar-refractivity contribution in [1.82, 2.24) is 24.9 Å². The van der Waals surface area contributed by atoms with E-state index in [0.29, 0.717) is 6.54 Å². The predicted molar refractivity (Wildman–Crippen MR) is 103 cm³/mol. The third-order valence-electron chi connectivity index (χ3n) is 4.05. The van der Waals surface area contributed by atoms with Crippen molar-refractivity contribution in [2.45, 2.75) is 39.9 Å². The number of halogens is 4. The van der Waals surface area contributed by atoms with Crippen LogP contribution in [0.15, 0.2) is 10.7 Å². The molecule has 2 heterocycles. The van der Waals surface area contributed by atoms with E-state index in [1.807, 2.05) is 13.8 Å². The lowest BCUT2D eigenvalue weighted by Gasteiger charge is -2.10. The number of nitrogens with zero attached hydrogens (tertiary/aromatic N) is 4. The average Bonchev–Trinajstić information content (AvgIpc) is 3.11. The number of aromatic nitrogens is 4. The Morgan fingerprint density at radius 2 is 1.97 bits per heavy atom. The van der Waals surface area contributed by atoms with Crippen LogP contribution in [0.5, 0.6) is 0 Å². The molecule has 0 atom stereocenters. The quantitative estimate of drug-likeness (QED) is 0.639. The van der Waals surface area contributed by atoms with Gasteiger partial charge in [-0.05, 0) is 28.8 Å². The van der Waals surface area contributed by atoms with Crippen molar-refractivity contribution in [3.8, 4) is 0 Å². The molecule has 0 unspecified atom stereocenters. The molecule has 2 amide bonds. The molecule has 160 valence electrons. The first-order valence-electron chi connectivity index (χ1n) is 8.82. The van der Waals surface area contributed by atoms with E-state index in [9.17, 15) is 22.8 Å². The van der Waals surface area contributed by atoms with Crippen molar-refractivity contribution in [1.29, 1.82) is 0 Å². The van der Waals surface area contributed by atoms with Gasteiger partial charge in [0.1, 0.15) is 5.69 Å². The van der Waals surface area contributed by atoms with Crippen molar-refractivity contribution in [2.24, 2.45) is 13.0 Å². The van der Waals surface area contributed by atoms with Crippen LogP contribution in [0, 0.1) is 12.8 Å². The highest BCUT2D eigenvalue weighted by atomic mass is 79.9. The molecule has 2 N–H and O–H groups in total. The van der Waals surface area contributed by atoms with Crippen molar-refractivity contribution < 1.29 is 22.8 Å². The molecule has 12 heteroatoms.